The molecule has 3 aromatic heterocycles. The molecule has 3 atom stereocenters. The second-order valence-electron chi connectivity index (χ2n) is 9.96. The van der Waals surface area contributed by atoms with Crippen LogP contribution in [0, 0.1) is 6.92 Å². The van der Waals surface area contributed by atoms with Crippen LogP contribution in [-0.2, 0) is 5.54 Å². The van der Waals surface area contributed by atoms with Gasteiger partial charge in [0.1, 0.15) is 23.8 Å². The van der Waals surface area contributed by atoms with Crippen molar-refractivity contribution in [1.29, 1.82) is 0 Å². The van der Waals surface area contributed by atoms with E-state index in [0.29, 0.717) is 52.6 Å². The van der Waals surface area contributed by atoms with Crippen molar-refractivity contribution in [2.45, 2.75) is 44.4 Å². The van der Waals surface area contributed by atoms with E-state index < -0.39 is 18.1 Å². The maximum Gasteiger partial charge on any atom is 0.387 e. The Morgan fingerprint density at radius 3 is 2.89 bits per heavy atom. The summed E-state index contributed by atoms with van der Waals surface area (Å²) in [7, 11) is 0. The molecule has 0 saturated carbocycles. The van der Waals surface area contributed by atoms with Crippen LogP contribution in [0.2, 0.25) is 0 Å². The number of hydrogen-bond donors (Lipinski definition) is 2. The lowest BCUT2D eigenvalue weighted by molar-refractivity contribution is -0.0505. The first-order chi connectivity index (χ1) is 17.7. The van der Waals surface area contributed by atoms with Gasteiger partial charge in [-0.3, -0.25) is 9.78 Å². The van der Waals surface area contributed by atoms with Gasteiger partial charge in [0.25, 0.3) is 5.91 Å². The van der Waals surface area contributed by atoms with E-state index in [2.05, 4.69) is 5.32 Å². The highest BCUT2D eigenvalue weighted by molar-refractivity contribution is 5.98. The number of carbonyl (C=O) groups is 1. The van der Waals surface area contributed by atoms with Gasteiger partial charge in [-0.15, -0.1) is 0 Å². The van der Waals surface area contributed by atoms with E-state index in [9.17, 15) is 13.6 Å². The van der Waals surface area contributed by atoms with Crippen LogP contribution < -0.4 is 20.5 Å². The van der Waals surface area contributed by atoms with Gasteiger partial charge < -0.3 is 20.5 Å². The van der Waals surface area contributed by atoms with Crippen molar-refractivity contribution in [2.75, 3.05) is 6.61 Å². The summed E-state index contributed by atoms with van der Waals surface area (Å²) >= 11 is 0. The fraction of sp³-hybridized carbons (Fsp3) is 0.308. The molecule has 4 aromatic rings. The average molecular weight is 504 g/mol. The molecule has 0 spiro atoms. The van der Waals surface area contributed by atoms with Crippen molar-refractivity contribution < 1.29 is 23.0 Å². The lowest BCUT2D eigenvalue weighted by atomic mass is 9.89. The van der Waals surface area contributed by atoms with Crippen LogP contribution in [0.15, 0.2) is 36.5 Å². The van der Waals surface area contributed by atoms with Gasteiger partial charge in [-0.05, 0) is 44.5 Å². The van der Waals surface area contributed by atoms with Crippen LogP contribution in [0.4, 0.5) is 8.78 Å². The van der Waals surface area contributed by atoms with Gasteiger partial charge in [0.15, 0.2) is 5.65 Å². The molecule has 0 saturated heterocycles. The molecule has 0 unspecified atom stereocenters. The first-order valence-corrected chi connectivity index (χ1v) is 11.9. The SMILES string of the molecule is Cc1nc2c(cc1-c1ccn3nc4c(c3n1)[C@@H]1C[C@H]4NC(=O)c3cccc(OC(F)F)c31)OC[C@]2(C)N. The molecule has 0 fully saturated rings. The van der Waals surface area contributed by atoms with Crippen LogP contribution in [0.25, 0.3) is 16.9 Å². The second-order valence-corrected chi connectivity index (χ2v) is 9.96. The summed E-state index contributed by atoms with van der Waals surface area (Å²) in [5, 5.41) is 7.69. The summed E-state index contributed by atoms with van der Waals surface area (Å²) < 4.78 is 38.8. The molecule has 7 rings (SSSR count). The molecule has 1 amide bonds. The number of fused-ring (bicyclic) bond motifs is 10. The molecular formula is C26H22F2N6O3. The Morgan fingerprint density at radius 2 is 2.08 bits per heavy atom. The fourth-order valence-electron chi connectivity index (χ4n) is 5.76. The second kappa shape index (κ2) is 7.45. The first-order valence-electron chi connectivity index (χ1n) is 11.9. The number of benzene rings is 1. The minimum atomic E-state index is -3.02. The average Bonchev–Trinajstić information content (AvgIpc) is 3.45. The van der Waals surface area contributed by atoms with Crippen molar-refractivity contribution in [3.05, 3.63) is 70.3 Å². The number of ether oxygens (including phenoxy) is 2. The smallest absolute Gasteiger partial charge is 0.387 e. The van der Waals surface area contributed by atoms with E-state index in [1.165, 1.54) is 6.07 Å². The molecule has 3 aliphatic rings. The number of hydrogen-bond acceptors (Lipinski definition) is 7. The van der Waals surface area contributed by atoms with E-state index in [4.69, 9.17) is 30.3 Å². The zero-order valence-electron chi connectivity index (χ0n) is 20.0. The molecule has 2 bridgehead atoms. The molecule has 37 heavy (non-hydrogen) atoms. The number of amides is 1. The van der Waals surface area contributed by atoms with Crippen molar-refractivity contribution in [3.63, 3.8) is 0 Å². The van der Waals surface area contributed by atoms with Gasteiger partial charge >= 0.3 is 6.61 Å². The molecule has 188 valence electrons. The lowest BCUT2D eigenvalue weighted by Crippen LogP contribution is -2.35. The molecule has 1 aromatic carbocycles. The molecule has 5 heterocycles. The summed E-state index contributed by atoms with van der Waals surface area (Å²) in [5.41, 5.74) is 11.4. The van der Waals surface area contributed by atoms with E-state index in [-0.39, 0.29) is 17.7 Å². The van der Waals surface area contributed by atoms with Crippen molar-refractivity contribution in [3.8, 4) is 22.8 Å². The van der Waals surface area contributed by atoms with Gasteiger partial charge in [-0.1, -0.05) is 6.07 Å². The molecular weight excluding hydrogens is 482 g/mol. The van der Waals surface area contributed by atoms with Crippen molar-refractivity contribution in [2.24, 2.45) is 5.73 Å². The summed E-state index contributed by atoms with van der Waals surface area (Å²) in [6.07, 6.45) is 2.28. The molecule has 0 radical (unpaired) electrons. The minimum absolute atomic E-state index is 0.0164. The zero-order chi connectivity index (χ0) is 25.6. The Bertz CT molecular complexity index is 1630. The third-order valence-electron chi connectivity index (χ3n) is 7.40. The number of nitrogens with one attached hydrogen (secondary N) is 1. The summed E-state index contributed by atoms with van der Waals surface area (Å²) in [4.78, 5) is 22.6. The topological polar surface area (TPSA) is 117 Å². The monoisotopic (exact) mass is 504 g/mol. The van der Waals surface area contributed by atoms with Crippen LogP contribution >= 0.6 is 0 Å². The molecule has 9 nitrogen and oxygen atoms in total. The molecule has 3 N–H and O–H groups in total. The maximum absolute atomic E-state index is 13.3. The minimum Gasteiger partial charge on any atom is -0.489 e. The van der Waals surface area contributed by atoms with Gasteiger partial charge in [0, 0.05) is 40.1 Å². The van der Waals surface area contributed by atoms with Gasteiger partial charge in [-0.25, -0.2) is 9.50 Å². The predicted octanol–water partition coefficient (Wildman–Crippen LogP) is 3.59. The van der Waals surface area contributed by atoms with Crippen LogP contribution in [-0.4, -0.2) is 38.7 Å². The summed E-state index contributed by atoms with van der Waals surface area (Å²) in [6, 6.07) is 8.00. The third-order valence-corrected chi connectivity index (χ3v) is 7.40. The van der Waals surface area contributed by atoms with E-state index in [0.717, 1.165) is 16.8 Å². The van der Waals surface area contributed by atoms with Crippen LogP contribution in [0.1, 0.15) is 63.9 Å². The zero-order valence-corrected chi connectivity index (χ0v) is 20.0. The quantitative estimate of drug-likeness (QED) is 0.438. The molecule has 2 aliphatic heterocycles. The van der Waals surface area contributed by atoms with E-state index in [1.54, 1.807) is 22.8 Å². The number of carbonyl (C=O) groups excluding carboxylic acids is 1. The Morgan fingerprint density at radius 1 is 1.24 bits per heavy atom. The Kier molecular flexibility index (Phi) is 4.45. The Hall–Kier alpha value is -4.12. The van der Waals surface area contributed by atoms with Crippen molar-refractivity contribution in [1.82, 2.24) is 24.9 Å². The van der Waals surface area contributed by atoms with E-state index in [1.807, 2.05) is 26.0 Å². The highest BCUT2D eigenvalue weighted by Crippen LogP contribution is 2.51. The summed E-state index contributed by atoms with van der Waals surface area (Å²) in [5.74, 6) is -0.129. The fourth-order valence-corrected chi connectivity index (χ4v) is 5.76. The number of nitrogens with two attached hydrogens (primary N) is 1. The number of alkyl halides is 2. The van der Waals surface area contributed by atoms with Gasteiger partial charge in [0.05, 0.1) is 23.0 Å². The predicted molar refractivity (Wildman–Crippen MR) is 128 cm³/mol. The molecule has 1 aliphatic carbocycles. The standard InChI is InChI=1S/C26H22F2N6O3/c1-11-13(9-18-22(30-11)26(2,29)10-36-18)15-6-7-34-23(31-15)20-14-8-16(21(20)33-34)32-24(35)12-4-3-5-17(19(12)14)37-25(27)28/h3-7,9,14,16,25H,8,10,29H2,1-2H3,(H,32,35)/t14-,16-,26+/m1/s1. The summed E-state index contributed by atoms with van der Waals surface area (Å²) in [6.45, 7) is 1.11. The first kappa shape index (κ1) is 22.1. The highest BCUT2D eigenvalue weighted by atomic mass is 19.3. The number of pyridine rings is 1. The Labute approximate surface area is 209 Å². The van der Waals surface area contributed by atoms with E-state index >= 15 is 0 Å². The van der Waals surface area contributed by atoms with Gasteiger partial charge in [0.2, 0.25) is 0 Å². The number of aromatic nitrogens is 4. The normalized spacial score (nSPS) is 23.4. The third kappa shape index (κ3) is 3.16. The number of aryl methyl sites for hydroxylation is 1. The van der Waals surface area contributed by atoms with Crippen LogP contribution in [0.5, 0.6) is 11.5 Å². The van der Waals surface area contributed by atoms with Gasteiger partial charge in [-0.2, -0.15) is 13.9 Å². The highest BCUT2D eigenvalue weighted by Gasteiger charge is 2.44. The van der Waals surface area contributed by atoms with Crippen LogP contribution in [0.3, 0.4) is 0 Å². The Balaban J connectivity index is 1.40. The number of nitrogens with zero attached hydrogens (tertiary/aromatic N) is 4. The lowest BCUT2D eigenvalue weighted by Gasteiger charge is -2.18. The number of halogens is 2. The van der Waals surface area contributed by atoms with Crippen molar-refractivity contribution >= 4 is 11.6 Å². The number of rotatable bonds is 3. The maximum atomic E-state index is 13.3. The molecule has 11 heteroatoms. The largest absolute Gasteiger partial charge is 0.489 e.